The zero-order chi connectivity index (χ0) is 16.8. The van der Waals surface area contributed by atoms with Crippen LogP contribution in [0.2, 0.25) is 0 Å². The Balaban J connectivity index is 1.48. The molecule has 128 valence electrons. The van der Waals surface area contributed by atoms with E-state index in [1.807, 2.05) is 29.3 Å². The molecule has 3 rings (SSSR count). The second-order valence-corrected chi connectivity index (χ2v) is 6.44. The van der Waals surface area contributed by atoms with E-state index >= 15 is 0 Å². The number of amides is 1. The first-order valence-corrected chi connectivity index (χ1v) is 8.63. The van der Waals surface area contributed by atoms with Crippen LogP contribution in [0.3, 0.4) is 0 Å². The normalized spacial score (nSPS) is 17.7. The van der Waals surface area contributed by atoms with Gasteiger partial charge in [-0.1, -0.05) is 12.1 Å². The van der Waals surface area contributed by atoms with E-state index in [9.17, 15) is 4.79 Å². The van der Waals surface area contributed by atoms with Gasteiger partial charge in [0.05, 0.1) is 7.11 Å². The predicted octanol–water partition coefficient (Wildman–Crippen LogP) is 2.76. The summed E-state index contributed by atoms with van der Waals surface area (Å²) in [5.74, 6) is 1.65. The van der Waals surface area contributed by atoms with E-state index in [0.29, 0.717) is 12.5 Å². The molecular formula is C19H25N3O2. The van der Waals surface area contributed by atoms with E-state index < -0.39 is 0 Å². The molecule has 1 amide bonds. The first-order valence-electron chi connectivity index (χ1n) is 8.63. The van der Waals surface area contributed by atoms with Crippen LogP contribution >= 0.6 is 0 Å². The summed E-state index contributed by atoms with van der Waals surface area (Å²) in [6.07, 6.45) is 8.03. The van der Waals surface area contributed by atoms with E-state index in [0.717, 1.165) is 38.1 Å². The molecule has 1 aromatic heterocycles. The standard InChI is InChI=1S/C19H25N3O2/c1-24-18-9-7-16(8-10-18)5-6-17-4-2-12-21(14-17)19(23)15-22-13-3-11-20-22/h3,7-11,13,17H,2,4-6,12,14-15H2,1H3/t17-/m0/s1. The molecule has 0 radical (unpaired) electrons. The minimum atomic E-state index is 0.174. The Bertz CT molecular complexity index is 637. The lowest BCUT2D eigenvalue weighted by Crippen LogP contribution is -2.41. The third-order valence-corrected chi connectivity index (χ3v) is 4.73. The highest BCUT2D eigenvalue weighted by molar-refractivity contribution is 5.76. The Morgan fingerprint density at radius 2 is 2.17 bits per heavy atom. The molecule has 0 unspecified atom stereocenters. The number of carbonyl (C=O) groups is 1. The van der Waals surface area contributed by atoms with Gasteiger partial charge in [0.1, 0.15) is 12.3 Å². The van der Waals surface area contributed by atoms with Crippen molar-refractivity contribution in [2.75, 3.05) is 20.2 Å². The van der Waals surface area contributed by atoms with E-state index in [2.05, 4.69) is 17.2 Å². The molecule has 2 heterocycles. The molecule has 5 heteroatoms. The van der Waals surface area contributed by atoms with Crippen molar-refractivity contribution >= 4 is 5.91 Å². The summed E-state index contributed by atoms with van der Waals surface area (Å²) >= 11 is 0. The van der Waals surface area contributed by atoms with Crippen LogP contribution in [-0.2, 0) is 17.8 Å². The third kappa shape index (κ3) is 4.37. The number of likely N-dealkylation sites (tertiary alicyclic amines) is 1. The highest BCUT2D eigenvalue weighted by atomic mass is 16.5. The Morgan fingerprint density at radius 1 is 1.33 bits per heavy atom. The van der Waals surface area contributed by atoms with Crippen LogP contribution in [0.25, 0.3) is 0 Å². The zero-order valence-corrected chi connectivity index (χ0v) is 14.2. The second-order valence-electron chi connectivity index (χ2n) is 6.44. The molecule has 1 fully saturated rings. The van der Waals surface area contributed by atoms with E-state index in [1.54, 1.807) is 18.0 Å². The molecular weight excluding hydrogens is 302 g/mol. The average Bonchev–Trinajstić information content (AvgIpc) is 3.13. The highest BCUT2D eigenvalue weighted by Crippen LogP contribution is 2.22. The average molecular weight is 327 g/mol. The van der Waals surface area contributed by atoms with Crippen LogP contribution in [-0.4, -0.2) is 40.8 Å². The number of ether oxygens (including phenoxy) is 1. The Kier molecular flexibility index (Phi) is 5.51. The molecule has 1 aliphatic heterocycles. The van der Waals surface area contributed by atoms with Crippen molar-refractivity contribution in [2.45, 2.75) is 32.2 Å². The zero-order valence-electron chi connectivity index (χ0n) is 14.2. The molecule has 24 heavy (non-hydrogen) atoms. The molecule has 0 spiro atoms. The number of aromatic nitrogens is 2. The number of benzene rings is 1. The second kappa shape index (κ2) is 7.99. The predicted molar refractivity (Wildman–Crippen MR) is 92.8 cm³/mol. The maximum absolute atomic E-state index is 12.4. The van der Waals surface area contributed by atoms with Crippen LogP contribution in [0.5, 0.6) is 5.75 Å². The summed E-state index contributed by atoms with van der Waals surface area (Å²) in [7, 11) is 1.69. The lowest BCUT2D eigenvalue weighted by atomic mass is 9.91. The van der Waals surface area contributed by atoms with Gasteiger partial charge < -0.3 is 9.64 Å². The number of hydrogen-bond acceptors (Lipinski definition) is 3. The van der Waals surface area contributed by atoms with Gasteiger partial charge in [0.2, 0.25) is 5.91 Å². The van der Waals surface area contributed by atoms with Crippen LogP contribution in [0, 0.1) is 5.92 Å². The van der Waals surface area contributed by atoms with Crippen LogP contribution in [0.4, 0.5) is 0 Å². The largest absolute Gasteiger partial charge is 0.497 e. The molecule has 0 aliphatic carbocycles. The van der Waals surface area contributed by atoms with Gasteiger partial charge in [-0.05, 0) is 55.4 Å². The van der Waals surface area contributed by atoms with Crippen LogP contribution in [0.15, 0.2) is 42.7 Å². The Hall–Kier alpha value is -2.30. The van der Waals surface area contributed by atoms with Crippen LogP contribution < -0.4 is 4.74 Å². The number of carbonyl (C=O) groups excluding carboxylic acids is 1. The SMILES string of the molecule is COc1ccc(CC[C@@H]2CCCN(C(=O)Cn3cccn3)C2)cc1. The van der Waals surface area contributed by atoms with Crippen molar-refractivity contribution in [3.63, 3.8) is 0 Å². The van der Waals surface area contributed by atoms with Crippen molar-refractivity contribution in [3.05, 3.63) is 48.3 Å². The number of piperidine rings is 1. The quantitative estimate of drug-likeness (QED) is 0.820. The Morgan fingerprint density at radius 3 is 2.88 bits per heavy atom. The minimum Gasteiger partial charge on any atom is -0.497 e. The molecule has 1 saturated heterocycles. The molecule has 1 atom stereocenters. The van der Waals surface area contributed by atoms with Gasteiger partial charge in [0.25, 0.3) is 0 Å². The molecule has 5 nitrogen and oxygen atoms in total. The molecule has 0 bridgehead atoms. The number of hydrogen-bond donors (Lipinski definition) is 0. The molecule has 1 aromatic carbocycles. The summed E-state index contributed by atoms with van der Waals surface area (Å²) in [5.41, 5.74) is 1.33. The summed E-state index contributed by atoms with van der Waals surface area (Å²) in [4.78, 5) is 14.4. The summed E-state index contributed by atoms with van der Waals surface area (Å²) in [5, 5.41) is 4.12. The molecule has 1 aliphatic rings. The fourth-order valence-electron chi connectivity index (χ4n) is 3.32. The van der Waals surface area contributed by atoms with Crippen LogP contribution in [0.1, 0.15) is 24.8 Å². The topological polar surface area (TPSA) is 47.4 Å². The smallest absolute Gasteiger partial charge is 0.244 e. The maximum Gasteiger partial charge on any atom is 0.244 e. The van der Waals surface area contributed by atoms with Crippen molar-refractivity contribution in [2.24, 2.45) is 5.92 Å². The van der Waals surface area contributed by atoms with Crippen molar-refractivity contribution in [1.82, 2.24) is 14.7 Å². The number of aryl methyl sites for hydroxylation is 1. The van der Waals surface area contributed by atoms with Gasteiger partial charge in [-0.15, -0.1) is 0 Å². The van der Waals surface area contributed by atoms with Gasteiger partial charge in [-0.25, -0.2) is 0 Å². The van der Waals surface area contributed by atoms with Gasteiger partial charge in [0, 0.05) is 25.5 Å². The van der Waals surface area contributed by atoms with Crippen molar-refractivity contribution in [1.29, 1.82) is 0 Å². The van der Waals surface area contributed by atoms with Crippen molar-refractivity contribution in [3.8, 4) is 5.75 Å². The third-order valence-electron chi connectivity index (χ3n) is 4.73. The summed E-state index contributed by atoms with van der Waals surface area (Å²) in [6, 6.07) is 10.1. The molecule has 0 N–H and O–H groups in total. The Labute approximate surface area is 143 Å². The van der Waals surface area contributed by atoms with Gasteiger partial charge in [0.15, 0.2) is 0 Å². The number of methoxy groups -OCH3 is 1. The minimum absolute atomic E-state index is 0.174. The molecule has 2 aromatic rings. The van der Waals surface area contributed by atoms with E-state index in [4.69, 9.17) is 4.74 Å². The van der Waals surface area contributed by atoms with Gasteiger partial charge >= 0.3 is 0 Å². The lowest BCUT2D eigenvalue weighted by molar-refractivity contribution is -0.133. The number of nitrogens with zero attached hydrogens (tertiary/aromatic N) is 3. The molecule has 0 saturated carbocycles. The van der Waals surface area contributed by atoms with E-state index in [1.165, 1.54) is 12.0 Å². The lowest BCUT2D eigenvalue weighted by Gasteiger charge is -2.33. The first-order chi connectivity index (χ1) is 11.7. The van der Waals surface area contributed by atoms with Gasteiger partial charge in [-0.2, -0.15) is 5.10 Å². The summed E-state index contributed by atoms with van der Waals surface area (Å²) < 4.78 is 6.89. The fraction of sp³-hybridized carbons (Fsp3) is 0.474. The highest BCUT2D eigenvalue weighted by Gasteiger charge is 2.23. The first kappa shape index (κ1) is 16.6. The van der Waals surface area contributed by atoms with Crippen molar-refractivity contribution < 1.29 is 9.53 Å². The van der Waals surface area contributed by atoms with Gasteiger partial charge in [-0.3, -0.25) is 9.48 Å². The maximum atomic E-state index is 12.4. The van der Waals surface area contributed by atoms with E-state index in [-0.39, 0.29) is 5.91 Å². The summed E-state index contributed by atoms with van der Waals surface area (Å²) in [6.45, 7) is 2.09. The monoisotopic (exact) mass is 327 g/mol. The number of rotatable bonds is 6. The fourth-order valence-corrected chi connectivity index (χ4v) is 3.32.